The van der Waals surface area contributed by atoms with E-state index in [4.69, 9.17) is 11.6 Å². The highest BCUT2D eigenvalue weighted by atomic mass is 35.5. The lowest BCUT2D eigenvalue weighted by Crippen LogP contribution is -2.35. The molecule has 23 heavy (non-hydrogen) atoms. The van der Waals surface area contributed by atoms with Gasteiger partial charge in [-0.3, -0.25) is 4.79 Å². The van der Waals surface area contributed by atoms with E-state index in [-0.39, 0.29) is 15.5 Å². The maximum Gasteiger partial charge on any atom is 0.267 e. The van der Waals surface area contributed by atoms with Crippen molar-refractivity contribution < 1.29 is 8.42 Å². The Hall–Kier alpha value is -1.63. The zero-order valence-electron chi connectivity index (χ0n) is 12.5. The lowest BCUT2D eigenvalue weighted by Gasteiger charge is -2.25. The number of rotatable bonds is 3. The summed E-state index contributed by atoms with van der Waals surface area (Å²) in [4.78, 5) is 14.5. The van der Waals surface area contributed by atoms with Crippen molar-refractivity contribution in [2.24, 2.45) is 0 Å². The number of nitrogens with one attached hydrogen (secondary N) is 1. The van der Waals surface area contributed by atoms with Gasteiger partial charge in [0.2, 0.25) is 10.0 Å². The van der Waals surface area contributed by atoms with Gasteiger partial charge < -0.3 is 4.98 Å². The maximum absolute atomic E-state index is 12.6. The molecule has 1 aromatic carbocycles. The number of hydrogen-bond donors (Lipinski definition) is 1. The number of pyridine rings is 1. The summed E-state index contributed by atoms with van der Waals surface area (Å²) in [6.07, 6.45) is 2.89. The van der Waals surface area contributed by atoms with Crippen molar-refractivity contribution >= 4 is 21.6 Å². The smallest absolute Gasteiger partial charge is 0.267 e. The van der Waals surface area contributed by atoms with Crippen LogP contribution in [0.25, 0.3) is 11.3 Å². The van der Waals surface area contributed by atoms with E-state index >= 15 is 0 Å². The summed E-state index contributed by atoms with van der Waals surface area (Å²) in [5.41, 5.74) is 0.965. The van der Waals surface area contributed by atoms with Gasteiger partial charge >= 0.3 is 0 Å². The number of benzene rings is 1. The van der Waals surface area contributed by atoms with Crippen LogP contribution in [0.3, 0.4) is 0 Å². The molecule has 0 amide bonds. The molecule has 122 valence electrons. The first kappa shape index (κ1) is 16.2. The molecule has 1 N–H and O–H groups in total. The number of aromatic amines is 1. The molecule has 1 saturated heterocycles. The van der Waals surface area contributed by atoms with Gasteiger partial charge in [-0.2, -0.15) is 4.31 Å². The van der Waals surface area contributed by atoms with Gasteiger partial charge in [0.05, 0.1) is 4.90 Å². The van der Waals surface area contributed by atoms with E-state index in [9.17, 15) is 13.2 Å². The molecule has 5 nitrogen and oxygen atoms in total. The van der Waals surface area contributed by atoms with E-state index in [0.29, 0.717) is 18.8 Å². The van der Waals surface area contributed by atoms with Crippen LogP contribution in [0.4, 0.5) is 0 Å². The van der Waals surface area contributed by atoms with E-state index in [1.807, 2.05) is 0 Å². The Morgan fingerprint density at radius 1 is 0.957 bits per heavy atom. The Labute approximate surface area is 140 Å². The lowest BCUT2D eigenvalue weighted by molar-refractivity contribution is 0.346. The number of halogens is 1. The minimum atomic E-state index is -3.44. The Balaban J connectivity index is 1.89. The summed E-state index contributed by atoms with van der Waals surface area (Å²) < 4.78 is 26.7. The van der Waals surface area contributed by atoms with Crippen LogP contribution in [-0.2, 0) is 10.0 Å². The van der Waals surface area contributed by atoms with Crippen LogP contribution in [0.1, 0.15) is 19.3 Å². The lowest BCUT2D eigenvalue weighted by atomic mass is 10.1. The normalized spacial score (nSPS) is 16.4. The monoisotopic (exact) mass is 352 g/mol. The predicted molar refractivity (Wildman–Crippen MR) is 90.1 cm³/mol. The quantitative estimate of drug-likeness (QED) is 0.923. The van der Waals surface area contributed by atoms with Crippen molar-refractivity contribution in [3.63, 3.8) is 0 Å². The third kappa shape index (κ3) is 3.34. The number of hydrogen-bond acceptors (Lipinski definition) is 3. The fourth-order valence-electron chi connectivity index (χ4n) is 2.69. The van der Waals surface area contributed by atoms with Gasteiger partial charge in [-0.1, -0.05) is 30.2 Å². The summed E-state index contributed by atoms with van der Waals surface area (Å²) in [6.45, 7) is 1.16. The molecule has 2 heterocycles. The van der Waals surface area contributed by atoms with Gasteiger partial charge in [-0.25, -0.2) is 8.42 Å². The first-order valence-corrected chi connectivity index (χ1v) is 9.30. The van der Waals surface area contributed by atoms with E-state index in [1.165, 1.54) is 10.4 Å². The van der Waals surface area contributed by atoms with Crippen LogP contribution in [0.2, 0.25) is 5.02 Å². The highest BCUT2D eigenvalue weighted by molar-refractivity contribution is 7.89. The molecule has 0 atom stereocenters. The highest BCUT2D eigenvalue weighted by Crippen LogP contribution is 2.23. The zero-order valence-corrected chi connectivity index (χ0v) is 14.0. The summed E-state index contributed by atoms with van der Waals surface area (Å²) in [5, 5.41) is 0.123. The summed E-state index contributed by atoms with van der Waals surface area (Å²) in [5.74, 6) is 0. The van der Waals surface area contributed by atoms with Crippen LogP contribution in [-0.4, -0.2) is 30.8 Å². The Bertz CT molecular complexity index is 854. The second-order valence-corrected chi connectivity index (χ2v) is 7.88. The summed E-state index contributed by atoms with van der Waals surface area (Å²) in [7, 11) is -3.44. The molecular weight excluding hydrogens is 336 g/mol. The molecule has 3 rings (SSSR count). The second-order valence-electron chi connectivity index (χ2n) is 5.54. The second kappa shape index (κ2) is 6.47. The molecule has 1 fully saturated rings. The molecule has 2 aromatic rings. The molecular formula is C16H17ClN2O3S. The largest absolute Gasteiger partial charge is 0.321 e. The Morgan fingerprint density at radius 2 is 1.61 bits per heavy atom. The molecule has 1 aliphatic heterocycles. The van der Waals surface area contributed by atoms with Crippen LogP contribution >= 0.6 is 11.6 Å². The Morgan fingerprint density at radius 3 is 2.22 bits per heavy atom. The van der Waals surface area contributed by atoms with Crippen molar-refractivity contribution in [3.05, 3.63) is 51.8 Å². The van der Waals surface area contributed by atoms with E-state index in [2.05, 4.69) is 4.98 Å². The molecule has 0 aliphatic carbocycles. The molecule has 1 aromatic heterocycles. The fraction of sp³-hybridized carbons (Fsp3) is 0.312. The zero-order chi connectivity index (χ0) is 16.4. The van der Waals surface area contributed by atoms with E-state index in [1.54, 1.807) is 30.3 Å². The van der Waals surface area contributed by atoms with Crippen LogP contribution in [0, 0.1) is 0 Å². The van der Waals surface area contributed by atoms with Crippen molar-refractivity contribution in [3.8, 4) is 11.3 Å². The molecule has 0 unspecified atom stereocenters. The number of H-pyrrole nitrogens is 1. The average molecular weight is 353 g/mol. The van der Waals surface area contributed by atoms with Crippen LogP contribution < -0.4 is 5.56 Å². The van der Waals surface area contributed by atoms with Gasteiger partial charge in [0.1, 0.15) is 5.02 Å². The molecule has 7 heteroatoms. The number of aromatic nitrogens is 1. The molecule has 1 aliphatic rings. The number of piperidine rings is 1. The van der Waals surface area contributed by atoms with Crippen molar-refractivity contribution in [1.29, 1.82) is 0 Å². The third-order valence-corrected chi connectivity index (χ3v) is 6.19. The van der Waals surface area contributed by atoms with Crippen molar-refractivity contribution in [2.45, 2.75) is 24.2 Å². The van der Waals surface area contributed by atoms with Gasteiger partial charge in [-0.05, 0) is 42.7 Å². The first-order chi connectivity index (χ1) is 11.0. The van der Waals surface area contributed by atoms with Crippen molar-refractivity contribution in [2.75, 3.05) is 13.1 Å². The highest BCUT2D eigenvalue weighted by Gasteiger charge is 2.25. The van der Waals surface area contributed by atoms with E-state index < -0.39 is 10.0 Å². The molecule has 0 spiro atoms. The molecule has 0 bridgehead atoms. The topological polar surface area (TPSA) is 70.2 Å². The SMILES string of the molecule is O=c1[nH]c(-c2ccc(S(=O)(=O)N3CCCCC3)cc2)ccc1Cl. The summed E-state index contributed by atoms with van der Waals surface area (Å²) in [6, 6.07) is 9.75. The standard InChI is InChI=1S/C16H17ClN2O3S/c17-14-8-9-15(18-16(14)20)12-4-6-13(7-5-12)23(21,22)19-10-2-1-3-11-19/h4-9H,1-3,10-11H2,(H,18,20). The fourth-order valence-corrected chi connectivity index (χ4v) is 4.31. The average Bonchev–Trinajstić information content (AvgIpc) is 2.58. The third-order valence-electron chi connectivity index (χ3n) is 3.98. The summed E-state index contributed by atoms with van der Waals surface area (Å²) >= 11 is 5.71. The number of nitrogens with zero attached hydrogens (tertiary/aromatic N) is 1. The predicted octanol–water partition coefficient (Wildman–Crippen LogP) is 2.87. The van der Waals surface area contributed by atoms with Crippen LogP contribution in [0.15, 0.2) is 46.1 Å². The van der Waals surface area contributed by atoms with Gasteiger partial charge in [0, 0.05) is 18.8 Å². The first-order valence-electron chi connectivity index (χ1n) is 7.48. The molecule has 0 saturated carbocycles. The van der Waals surface area contributed by atoms with E-state index in [0.717, 1.165) is 24.8 Å². The van der Waals surface area contributed by atoms with Crippen LogP contribution in [0.5, 0.6) is 0 Å². The Kier molecular flexibility index (Phi) is 4.57. The van der Waals surface area contributed by atoms with Gasteiger partial charge in [0.15, 0.2) is 0 Å². The minimum Gasteiger partial charge on any atom is -0.321 e. The van der Waals surface area contributed by atoms with Gasteiger partial charge in [0.25, 0.3) is 5.56 Å². The van der Waals surface area contributed by atoms with Gasteiger partial charge in [-0.15, -0.1) is 0 Å². The van der Waals surface area contributed by atoms with Crippen molar-refractivity contribution in [1.82, 2.24) is 9.29 Å². The minimum absolute atomic E-state index is 0.123. The maximum atomic E-state index is 12.6. The molecule has 0 radical (unpaired) electrons. The number of sulfonamides is 1.